The Morgan fingerprint density at radius 3 is 2.56 bits per heavy atom. The van der Waals surface area contributed by atoms with Crippen LogP contribution in [0, 0.1) is 6.92 Å². The molecular weight excluding hydrogens is 228 g/mol. The molecule has 0 bridgehead atoms. The molecule has 92 valence electrons. The summed E-state index contributed by atoms with van der Waals surface area (Å²) in [6.45, 7) is 4.51. The summed E-state index contributed by atoms with van der Waals surface area (Å²) in [5, 5.41) is 10.9. The van der Waals surface area contributed by atoms with Crippen molar-refractivity contribution >= 4 is 9.84 Å². The molecule has 0 saturated heterocycles. The second-order valence-corrected chi connectivity index (χ2v) is 6.11. The van der Waals surface area contributed by atoms with Gasteiger partial charge < -0.3 is 9.88 Å². The van der Waals surface area contributed by atoms with E-state index in [0.717, 1.165) is 11.6 Å². The Bertz CT molecular complexity index is 438. The van der Waals surface area contributed by atoms with E-state index in [4.69, 9.17) is 0 Å². The molecule has 1 aromatic heterocycles. The van der Waals surface area contributed by atoms with Crippen LogP contribution in [-0.2, 0) is 23.4 Å². The van der Waals surface area contributed by atoms with Crippen molar-refractivity contribution in [3.05, 3.63) is 11.6 Å². The van der Waals surface area contributed by atoms with E-state index in [-0.39, 0.29) is 11.5 Å². The van der Waals surface area contributed by atoms with Crippen molar-refractivity contribution in [1.82, 2.24) is 20.1 Å². The van der Waals surface area contributed by atoms with Crippen LogP contribution in [0.3, 0.4) is 0 Å². The molecule has 0 atom stereocenters. The minimum absolute atomic E-state index is 0.167. The minimum atomic E-state index is -2.88. The second-order valence-electron chi connectivity index (χ2n) is 3.64. The number of sulfone groups is 1. The van der Waals surface area contributed by atoms with E-state index in [1.165, 1.54) is 0 Å². The molecule has 0 aliphatic rings. The topological polar surface area (TPSA) is 76.9 Å². The summed E-state index contributed by atoms with van der Waals surface area (Å²) in [5.74, 6) is 2.02. The van der Waals surface area contributed by atoms with Gasteiger partial charge in [0.05, 0.1) is 12.3 Å². The Hall–Kier alpha value is -0.950. The average Bonchev–Trinajstić information content (AvgIpc) is 2.56. The Kier molecular flexibility index (Phi) is 4.43. The van der Waals surface area contributed by atoms with Crippen molar-refractivity contribution in [2.24, 2.45) is 7.05 Å². The summed E-state index contributed by atoms with van der Waals surface area (Å²) in [5.41, 5.74) is 0. The monoisotopic (exact) mass is 246 g/mol. The first-order chi connectivity index (χ1) is 7.46. The van der Waals surface area contributed by atoms with Gasteiger partial charge in [0.1, 0.15) is 11.6 Å². The lowest BCUT2D eigenvalue weighted by Crippen LogP contribution is -2.24. The fourth-order valence-electron chi connectivity index (χ4n) is 1.18. The summed E-state index contributed by atoms with van der Waals surface area (Å²) in [6, 6.07) is 0. The molecule has 1 N–H and O–H groups in total. The minimum Gasteiger partial charge on any atom is -0.317 e. The standard InChI is InChI=1S/C9H18N4O2S/c1-4-16(14,15)6-5-10-7-9-12-11-8(2)13(9)3/h10H,4-7H2,1-3H3. The predicted molar refractivity (Wildman–Crippen MR) is 61.8 cm³/mol. The average molecular weight is 246 g/mol. The van der Waals surface area contributed by atoms with Crippen LogP contribution in [0.4, 0.5) is 0 Å². The van der Waals surface area contributed by atoms with Crippen LogP contribution in [0.1, 0.15) is 18.6 Å². The Labute approximate surface area is 96.0 Å². The molecule has 1 heterocycles. The zero-order valence-electron chi connectivity index (χ0n) is 9.89. The van der Waals surface area contributed by atoms with Gasteiger partial charge in [-0.15, -0.1) is 10.2 Å². The van der Waals surface area contributed by atoms with Gasteiger partial charge in [0, 0.05) is 19.3 Å². The molecule has 0 aliphatic carbocycles. The van der Waals surface area contributed by atoms with Crippen LogP contribution in [0.2, 0.25) is 0 Å². The van der Waals surface area contributed by atoms with Gasteiger partial charge in [-0.3, -0.25) is 0 Å². The van der Waals surface area contributed by atoms with E-state index >= 15 is 0 Å². The third kappa shape index (κ3) is 3.57. The molecule has 0 amide bonds. The molecule has 0 aliphatic heterocycles. The Balaban J connectivity index is 2.34. The molecule has 0 radical (unpaired) electrons. The van der Waals surface area contributed by atoms with Crippen molar-refractivity contribution in [1.29, 1.82) is 0 Å². The van der Waals surface area contributed by atoms with Gasteiger partial charge in [0.25, 0.3) is 0 Å². The highest BCUT2D eigenvalue weighted by Crippen LogP contribution is 1.96. The van der Waals surface area contributed by atoms with Gasteiger partial charge in [0.15, 0.2) is 9.84 Å². The Morgan fingerprint density at radius 1 is 1.38 bits per heavy atom. The molecule has 0 fully saturated rings. The SMILES string of the molecule is CCS(=O)(=O)CCNCc1nnc(C)n1C. The van der Waals surface area contributed by atoms with Crippen LogP contribution in [0.15, 0.2) is 0 Å². The lowest BCUT2D eigenvalue weighted by atomic mass is 10.5. The van der Waals surface area contributed by atoms with Crippen LogP contribution in [0.5, 0.6) is 0 Å². The highest BCUT2D eigenvalue weighted by Gasteiger charge is 2.07. The molecule has 0 unspecified atom stereocenters. The summed E-state index contributed by atoms with van der Waals surface area (Å²) < 4.78 is 24.3. The first-order valence-electron chi connectivity index (χ1n) is 5.22. The Morgan fingerprint density at radius 2 is 2.06 bits per heavy atom. The molecule has 1 aromatic rings. The number of nitrogens with zero attached hydrogens (tertiary/aromatic N) is 3. The maximum absolute atomic E-state index is 11.2. The molecule has 1 rings (SSSR count). The first kappa shape index (κ1) is 13.1. The third-order valence-electron chi connectivity index (χ3n) is 2.50. The number of aryl methyl sites for hydroxylation is 1. The summed E-state index contributed by atoms with van der Waals surface area (Å²) >= 11 is 0. The van der Waals surface area contributed by atoms with Crippen LogP contribution < -0.4 is 5.32 Å². The lowest BCUT2D eigenvalue weighted by molar-refractivity contribution is 0.588. The van der Waals surface area contributed by atoms with Gasteiger partial charge in [-0.05, 0) is 6.92 Å². The fourth-order valence-corrected chi connectivity index (χ4v) is 1.92. The summed E-state index contributed by atoms with van der Waals surface area (Å²) in [7, 11) is -1.00. The van der Waals surface area contributed by atoms with Crippen LogP contribution in [-0.4, -0.2) is 41.2 Å². The van der Waals surface area contributed by atoms with Gasteiger partial charge in [-0.2, -0.15) is 0 Å². The van der Waals surface area contributed by atoms with Crippen molar-refractivity contribution in [2.45, 2.75) is 20.4 Å². The number of hydrogen-bond acceptors (Lipinski definition) is 5. The lowest BCUT2D eigenvalue weighted by Gasteiger charge is -2.04. The van der Waals surface area contributed by atoms with Crippen molar-refractivity contribution in [2.75, 3.05) is 18.1 Å². The third-order valence-corrected chi connectivity index (χ3v) is 4.20. The van der Waals surface area contributed by atoms with Gasteiger partial charge in [-0.1, -0.05) is 6.92 Å². The quantitative estimate of drug-likeness (QED) is 0.694. The summed E-state index contributed by atoms with van der Waals surface area (Å²) in [6.07, 6.45) is 0. The maximum Gasteiger partial charge on any atom is 0.151 e. The van der Waals surface area contributed by atoms with E-state index in [2.05, 4.69) is 15.5 Å². The normalized spacial score (nSPS) is 11.9. The molecule has 6 nitrogen and oxygen atoms in total. The smallest absolute Gasteiger partial charge is 0.151 e. The molecule has 0 aromatic carbocycles. The molecule has 7 heteroatoms. The van der Waals surface area contributed by atoms with Gasteiger partial charge in [-0.25, -0.2) is 8.42 Å². The molecular formula is C9H18N4O2S. The highest BCUT2D eigenvalue weighted by atomic mass is 32.2. The van der Waals surface area contributed by atoms with E-state index in [0.29, 0.717) is 13.1 Å². The van der Waals surface area contributed by atoms with Crippen LogP contribution >= 0.6 is 0 Å². The molecule has 0 spiro atoms. The zero-order chi connectivity index (χ0) is 12.2. The number of nitrogens with one attached hydrogen (secondary N) is 1. The van der Waals surface area contributed by atoms with E-state index in [1.807, 2.05) is 18.5 Å². The molecule has 0 saturated carbocycles. The summed E-state index contributed by atoms with van der Waals surface area (Å²) in [4.78, 5) is 0. The van der Waals surface area contributed by atoms with Crippen molar-refractivity contribution in [3.8, 4) is 0 Å². The highest BCUT2D eigenvalue weighted by molar-refractivity contribution is 7.91. The van der Waals surface area contributed by atoms with E-state index < -0.39 is 9.84 Å². The molecule has 16 heavy (non-hydrogen) atoms. The van der Waals surface area contributed by atoms with E-state index in [9.17, 15) is 8.42 Å². The van der Waals surface area contributed by atoms with Gasteiger partial charge >= 0.3 is 0 Å². The van der Waals surface area contributed by atoms with Crippen molar-refractivity contribution in [3.63, 3.8) is 0 Å². The number of hydrogen-bond donors (Lipinski definition) is 1. The maximum atomic E-state index is 11.2. The fraction of sp³-hybridized carbons (Fsp3) is 0.778. The number of aromatic nitrogens is 3. The zero-order valence-corrected chi connectivity index (χ0v) is 10.7. The first-order valence-corrected chi connectivity index (χ1v) is 7.04. The van der Waals surface area contributed by atoms with Crippen molar-refractivity contribution < 1.29 is 8.42 Å². The van der Waals surface area contributed by atoms with E-state index in [1.54, 1.807) is 6.92 Å². The second kappa shape index (κ2) is 5.40. The predicted octanol–water partition coefficient (Wildman–Crippen LogP) is -0.352. The van der Waals surface area contributed by atoms with Crippen LogP contribution in [0.25, 0.3) is 0 Å². The van der Waals surface area contributed by atoms with Gasteiger partial charge in [0.2, 0.25) is 0 Å². The number of rotatable bonds is 6. The largest absolute Gasteiger partial charge is 0.317 e.